The van der Waals surface area contributed by atoms with E-state index >= 15 is 0 Å². The van der Waals surface area contributed by atoms with Crippen molar-refractivity contribution in [2.75, 3.05) is 13.2 Å². The second-order valence-electron chi connectivity index (χ2n) is 4.99. The largest absolute Gasteiger partial charge is 0.396 e. The lowest BCUT2D eigenvalue weighted by Gasteiger charge is -2.37. The quantitative estimate of drug-likeness (QED) is 0.655. The molecule has 0 amide bonds. The molecule has 2 nitrogen and oxygen atoms in total. The van der Waals surface area contributed by atoms with Crippen molar-refractivity contribution in [3.63, 3.8) is 0 Å². The maximum Gasteiger partial charge on any atom is 0.0431 e. The van der Waals surface area contributed by atoms with Crippen LogP contribution >= 0.6 is 0 Å². The van der Waals surface area contributed by atoms with Gasteiger partial charge in [0, 0.05) is 13.2 Å². The highest BCUT2D eigenvalue weighted by atomic mass is 16.3. The highest BCUT2D eigenvalue weighted by molar-refractivity contribution is 4.91. The molecule has 0 spiro atoms. The molecule has 0 saturated heterocycles. The van der Waals surface area contributed by atoms with Crippen LogP contribution in [-0.2, 0) is 0 Å². The third-order valence-corrected chi connectivity index (χ3v) is 4.00. The van der Waals surface area contributed by atoms with Crippen molar-refractivity contribution in [3.05, 3.63) is 12.7 Å². The Morgan fingerprint density at radius 1 is 1.06 bits per heavy atom. The maximum atomic E-state index is 8.95. The molecule has 0 radical (unpaired) electrons. The normalized spacial score (nSPS) is 30.2. The summed E-state index contributed by atoms with van der Waals surface area (Å²) in [6, 6.07) is 0. The van der Waals surface area contributed by atoms with Crippen molar-refractivity contribution in [1.29, 1.82) is 0 Å². The van der Waals surface area contributed by atoms with Crippen LogP contribution in [0.2, 0.25) is 0 Å². The average molecular weight is 226 g/mol. The molecule has 0 bridgehead atoms. The van der Waals surface area contributed by atoms with Crippen molar-refractivity contribution < 1.29 is 10.2 Å². The minimum Gasteiger partial charge on any atom is -0.396 e. The van der Waals surface area contributed by atoms with Crippen LogP contribution in [0.15, 0.2) is 12.7 Å². The van der Waals surface area contributed by atoms with E-state index in [2.05, 4.69) is 12.7 Å². The van der Waals surface area contributed by atoms with Gasteiger partial charge >= 0.3 is 0 Å². The SMILES string of the molecule is C=CC1CCCC(CCCO)C1CCCO. The summed E-state index contributed by atoms with van der Waals surface area (Å²) < 4.78 is 0. The van der Waals surface area contributed by atoms with Gasteiger partial charge in [-0.05, 0) is 49.9 Å². The highest BCUT2D eigenvalue weighted by Gasteiger charge is 2.30. The molecule has 1 rings (SSSR count). The lowest BCUT2D eigenvalue weighted by Crippen LogP contribution is -2.27. The average Bonchev–Trinajstić information content (AvgIpc) is 2.33. The minimum atomic E-state index is 0.299. The number of hydrogen-bond donors (Lipinski definition) is 2. The van der Waals surface area contributed by atoms with Crippen LogP contribution in [0, 0.1) is 17.8 Å². The molecule has 0 aromatic rings. The van der Waals surface area contributed by atoms with Crippen LogP contribution in [0.3, 0.4) is 0 Å². The Bertz CT molecular complexity index is 191. The first-order chi connectivity index (χ1) is 7.83. The Morgan fingerprint density at radius 2 is 1.75 bits per heavy atom. The van der Waals surface area contributed by atoms with Crippen LogP contribution in [0.5, 0.6) is 0 Å². The Kier molecular flexibility index (Phi) is 6.74. The Balaban J connectivity index is 2.51. The van der Waals surface area contributed by atoms with E-state index < -0.39 is 0 Å². The number of allylic oxidation sites excluding steroid dienone is 1. The molecule has 1 saturated carbocycles. The topological polar surface area (TPSA) is 40.5 Å². The summed E-state index contributed by atoms with van der Waals surface area (Å²) in [6.07, 6.45) is 10.0. The van der Waals surface area contributed by atoms with Crippen LogP contribution in [-0.4, -0.2) is 23.4 Å². The molecule has 1 aliphatic carbocycles. The fourth-order valence-corrected chi connectivity index (χ4v) is 3.17. The predicted molar refractivity (Wildman–Crippen MR) is 67.2 cm³/mol. The van der Waals surface area contributed by atoms with E-state index in [9.17, 15) is 0 Å². The molecule has 0 heterocycles. The van der Waals surface area contributed by atoms with E-state index in [-0.39, 0.29) is 0 Å². The molecule has 1 aliphatic rings. The molecule has 1 fully saturated rings. The molecule has 94 valence electrons. The van der Waals surface area contributed by atoms with Gasteiger partial charge in [0.25, 0.3) is 0 Å². The van der Waals surface area contributed by atoms with Crippen molar-refractivity contribution in [2.45, 2.75) is 44.9 Å². The fourth-order valence-electron chi connectivity index (χ4n) is 3.17. The first kappa shape index (κ1) is 13.7. The Hall–Kier alpha value is -0.340. The second kappa shape index (κ2) is 7.86. The molecule has 2 N–H and O–H groups in total. The van der Waals surface area contributed by atoms with Gasteiger partial charge in [-0.3, -0.25) is 0 Å². The first-order valence-electron chi connectivity index (χ1n) is 6.67. The summed E-state index contributed by atoms with van der Waals surface area (Å²) in [4.78, 5) is 0. The van der Waals surface area contributed by atoms with E-state index in [0.717, 1.165) is 31.6 Å². The zero-order valence-corrected chi connectivity index (χ0v) is 10.3. The summed E-state index contributed by atoms with van der Waals surface area (Å²) in [7, 11) is 0. The summed E-state index contributed by atoms with van der Waals surface area (Å²) in [6.45, 7) is 4.55. The van der Waals surface area contributed by atoms with Crippen LogP contribution in [0.1, 0.15) is 44.9 Å². The van der Waals surface area contributed by atoms with Gasteiger partial charge in [0.1, 0.15) is 0 Å². The van der Waals surface area contributed by atoms with E-state index in [0.29, 0.717) is 25.0 Å². The van der Waals surface area contributed by atoms with Crippen molar-refractivity contribution >= 4 is 0 Å². The number of aliphatic hydroxyl groups is 2. The van der Waals surface area contributed by atoms with Gasteiger partial charge in [-0.2, -0.15) is 0 Å². The molecule has 3 atom stereocenters. The lowest BCUT2D eigenvalue weighted by molar-refractivity contribution is 0.140. The first-order valence-corrected chi connectivity index (χ1v) is 6.67. The Labute approximate surface area is 99.4 Å². The summed E-state index contributed by atoms with van der Waals surface area (Å²) in [5, 5.41) is 17.9. The number of aliphatic hydroxyl groups excluding tert-OH is 2. The van der Waals surface area contributed by atoms with Crippen LogP contribution in [0.4, 0.5) is 0 Å². The summed E-state index contributed by atoms with van der Waals surface area (Å²) >= 11 is 0. The molecule has 3 unspecified atom stereocenters. The van der Waals surface area contributed by atoms with E-state index in [1.165, 1.54) is 19.3 Å². The van der Waals surface area contributed by atoms with Gasteiger partial charge in [0.2, 0.25) is 0 Å². The van der Waals surface area contributed by atoms with Crippen LogP contribution < -0.4 is 0 Å². The van der Waals surface area contributed by atoms with Gasteiger partial charge in [-0.15, -0.1) is 6.58 Å². The minimum absolute atomic E-state index is 0.299. The maximum absolute atomic E-state index is 8.95. The fraction of sp³-hybridized carbons (Fsp3) is 0.857. The molecule has 16 heavy (non-hydrogen) atoms. The van der Waals surface area contributed by atoms with Gasteiger partial charge in [-0.1, -0.05) is 18.9 Å². The Morgan fingerprint density at radius 3 is 2.38 bits per heavy atom. The molecule has 0 aliphatic heterocycles. The zero-order valence-electron chi connectivity index (χ0n) is 10.3. The smallest absolute Gasteiger partial charge is 0.0431 e. The molecular weight excluding hydrogens is 200 g/mol. The lowest BCUT2D eigenvalue weighted by atomic mass is 9.68. The highest BCUT2D eigenvalue weighted by Crippen LogP contribution is 2.40. The van der Waals surface area contributed by atoms with Gasteiger partial charge in [0.05, 0.1) is 0 Å². The van der Waals surface area contributed by atoms with Gasteiger partial charge in [-0.25, -0.2) is 0 Å². The monoisotopic (exact) mass is 226 g/mol. The van der Waals surface area contributed by atoms with Crippen molar-refractivity contribution in [1.82, 2.24) is 0 Å². The third kappa shape index (κ3) is 3.91. The zero-order chi connectivity index (χ0) is 11.8. The molecule has 2 heteroatoms. The summed E-state index contributed by atoms with van der Waals surface area (Å²) in [5.74, 6) is 2.05. The number of rotatable bonds is 7. The van der Waals surface area contributed by atoms with E-state index in [4.69, 9.17) is 10.2 Å². The van der Waals surface area contributed by atoms with Gasteiger partial charge < -0.3 is 10.2 Å². The van der Waals surface area contributed by atoms with Gasteiger partial charge in [0.15, 0.2) is 0 Å². The standard InChI is InChI=1S/C14H26O2/c1-2-12-6-3-7-13(8-4-10-15)14(12)9-5-11-16/h2,12-16H,1,3-11H2. The van der Waals surface area contributed by atoms with E-state index in [1.807, 2.05) is 0 Å². The molecular formula is C14H26O2. The summed E-state index contributed by atoms with van der Waals surface area (Å²) in [5.41, 5.74) is 0. The van der Waals surface area contributed by atoms with Crippen molar-refractivity contribution in [2.24, 2.45) is 17.8 Å². The second-order valence-corrected chi connectivity index (χ2v) is 4.99. The number of hydrogen-bond acceptors (Lipinski definition) is 2. The third-order valence-electron chi connectivity index (χ3n) is 4.00. The van der Waals surface area contributed by atoms with Crippen molar-refractivity contribution in [3.8, 4) is 0 Å². The molecule has 0 aromatic heterocycles. The van der Waals surface area contributed by atoms with Crippen LogP contribution in [0.25, 0.3) is 0 Å². The predicted octanol–water partition coefficient (Wildman–Crippen LogP) is 2.75. The van der Waals surface area contributed by atoms with E-state index in [1.54, 1.807) is 0 Å². The molecule has 0 aromatic carbocycles.